The van der Waals surface area contributed by atoms with E-state index in [0.29, 0.717) is 18.8 Å². The van der Waals surface area contributed by atoms with Crippen LogP contribution in [0.3, 0.4) is 0 Å². The van der Waals surface area contributed by atoms with Crippen molar-refractivity contribution in [2.24, 2.45) is 5.73 Å². The molecular weight excluding hydrogens is 406 g/mol. The maximum atomic E-state index is 12.0. The van der Waals surface area contributed by atoms with E-state index in [9.17, 15) is 9.59 Å². The Balaban J connectivity index is 1.92. The Morgan fingerprint density at radius 3 is 2.31 bits per heavy atom. The number of rotatable bonds is 11. The summed E-state index contributed by atoms with van der Waals surface area (Å²) < 4.78 is 0. The van der Waals surface area contributed by atoms with E-state index in [1.807, 2.05) is 54.6 Å². The Morgan fingerprint density at radius 1 is 1.03 bits per heavy atom. The highest BCUT2D eigenvalue weighted by atomic mass is 16.5. The zero-order valence-corrected chi connectivity index (χ0v) is 17.9. The van der Waals surface area contributed by atoms with Gasteiger partial charge in [-0.05, 0) is 49.3 Å². The first kappa shape index (κ1) is 24.6. The van der Waals surface area contributed by atoms with Gasteiger partial charge in [-0.2, -0.15) is 0 Å². The molecule has 0 bridgehead atoms. The first-order chi connectivity index (χ1) is 15.5. The summed E-state index contributed by atoms with van der Waals surface area (Å²) in [6, 6.07) is 16.2. The van der Waals surface area contributed by atoms with Crippen LogP contribution in [0.1, 0.15) is 23.1 Å². The van der Waals surface area contributed by atoms with Gasteiger partial charge >= 0.3 is 0 Å². The van der Waals surface area contributed by atoms with Gasteiger partial charge in [0.2, 0.25) is 5.91 Å². The molecule has 0 radical (unpaired) electrons. The largest absolute Gasteiger partial charge is 0.372 e. The number of carbonyl (C=O) groups excluding carboxylic acids is 2. The third-order valence-corrected chi connectivity index (χ3v) is 4.48. The maximum absolute atomic E-state index is 12.0. The second kappa shape index (κ2) is 13.6. The molecule has 0 heterocycles. The van der Waals surface area contributed by atoms with Crippen LogP contribution in [0.15, 0.2) is 61.2 Å². The third-order valence-electron chi connectivity index (χ3n) is 4.48. The molecule has 0 spiro atoms. The van der Waals surface area contributed by atoms with Crippen molar-refractivity contribution in [1.29, 1.82) is 0 Å². The van der Waals surface area contributed by atoms with E-state index in [1.165, 1.54) is 0 Å². The molecule has 8 heteroatoms. The molecule has 2 aromatic carbocycles. The summed E-state index contributed by atoms with van der Waals surface area (Å²) in [5.74, 6) is 5.23. The van der Waals surface area contributed by atoms with Crippen LogP contribution in [0, 0.1) is 11.8 Å². The summed E-state index contributed by atoms with van der Waals surface area (Å²) in [7, 11) is 0. The van der Waals surface area contributed by atoms with Gasteiger partial charge in [0.1, 0.15) is 6.04 Å². The second-order valence-corrected chi connectivity index (χ2v) is 6.97. The molecule has 0 aliphatic heterocycles. The molecule has 32 heavy (non-hydrogen) atoms. The van der Waals surface area contributed by atoms with Crippen LogP contribution in [-0.2, 0) is 9.59 Å². The number of nitrogens with one attached hydrogen (secondary N) is 4. The molecule has 2 amide bonds. The first-order valence-corrected chi connectivity index (χ1v) is 10.3. The van der Waals surface area contributed by atoms with Crippen molar-refractivity contribution in [3.8, 4) is 11.8 Å². The van der Waals surface area contributed by atoms with Gasteiger partial charge in [-0.3, -0.25) is 14.8 Å². The lowest BCUT2D eigenvalue weighted by atomic mass is 10.1. The molecule has 0 aliphatic carbocycles. The summed E-state index contributed by atoms with van der Waals surface area (Å²) >= 11 is 0. The zero-order valence-electron chi connectivity index (χ0n) is 17.9. The predicted octanol–water partition coefficient (Wildman–Crippen LogP) is 0.575. The standard InChI is InChI=1S/C24H29N5O3/c1-18(21-12-10-20(11-13-21)9-8-19-6-3-2-4-7-19)28-22(24(31)29-32)16-27-23(30)17-26-15-5-14-25/h2-4,6-7,10-13,22,26,28,32H,1,5,14-17,25H2,(H,27,30)(H,29,31). The highest BCUT2D eigenvalue weighted by Gasteiger charge is 2.19. The fraction of sp³-hybridized carbons (Fsp3) is 0.250. The Hall–Kier alpha value is -3.64. The monoisotopic (exact) mass is 435 g/mol. The topological polar surface area (TPSA) is 129 Å². The van der Waals surface area contributed by atoms with Crippen molar-refractivity contribution in [3.05, 3.63) is 77.9 Å². The van der Waals surface area contributed by atoms with Crippen molar-refractivity contribution >= 4 is 17.5 Å². The van der Waals surface area contributed by atoms with E-state index in [1.54, 1.807) is 5.48 Å². The van der Waals surface area contributed by atoms with Crippen molar-refractivity contribution in [1.82, 2.24) is 21.4 Å². The van der Waals surface area contributed by atoms with E-state index in [4.69, 9.17) is 10.9 Å². The average molecular weight is 436 g/mol. The van der Waals surface area contributed by atoms with Gasteiger partial charge in [0.25, 0.3) is 5.91 Å². The lowest BCUT2D eigenvalue weighted by molar-refractivity contribution is -0.131. The molecule has 168 valence electrons. The lowest BCUT2D eigenvalue weighted by Gasteiger charge is -2.20. The third kappa shape index (κ3) is 8.62. The quantitative estimate of drug-likeness (QED) is 0.133. The number of benzene rings is 2. The minimum absolute atomic E-state index is 0.0244. The van der Waals surface area contributed by atoms with Gasteiger partial charge in [0, 0.05) is 23.4 Å². The van der Waals surface area contributed by atoms with Gasteiger partial charge in [-0.15, -0.1) is 0 Å². The van der Waals surface area contributed by atoms with Crippen LogP contribution in [0.4, 0.5) is 0 Å². The maximum Gasteiger partial charge on any atom is 0.267 e. The van der Waals surface area contributed by atoms with Crippen molar-refractivity contribution in [3.63, 3.8) is 0 Å². The summed E-state index contributed by atoms with van der Waals surface area (Å²) in [6.45, 7) is 5.21. The Kier molecular flexibility index (Phi) is 10.5. The molecule has 1 atom stereocenters. The van der Waals surface area contributed by atoms with Crippen LogP contribution in [0.5, 0.6) is 0 Å². The number of hydroxylamine groups is 1. The number of nitrogens with two attached hydrogens (primary N) is 1. The van der Waals surface area contributed by atoms with Crippen LogP contribution < -0.4 is 27.2 Å². The van der Waals surface area contributed by atoms with Gasteiger partial charge < -0.3 is 21.7 Å². The number of hydrogen-bond acceptors (Lipinski definition) is 6. The first-order valence-electron chi connectivity index (χ1n) is 10.3. The molecule has 0 saturated carbocycles. The molecule has 2 aromatic rings. The van der Waals surface area contributed by atoms with E-state index in [-0.39, 0.29) is 19.0 Å². The normalized spacial score (nSPS) is 10.9. The Labute approximate surface area is 188 Å². The van der Waals surface area contributed by atoms with Gasteiger partial charge in [-0.1, -0.05) is 48.8 Å². The van der Waals surface area contributed by atoms with Crippen LogP contribution in [0.2, 0.25) is 0 Å². The molecule has 0 aliphatic rings. The van der Waals surface area contributed by atoms with Crippen molar-refractivity contribution in [2.75, 3.05) is 26.2 Å². The average Bonchev–Trinajstić information content (AvgIpc) is 2.83. The number of carbonyl (C=O) groups is 2. The van der Waals surface area contributed by atoms with E-state index < -0.39 is 11.9 Å². The lowest BCUT2D eigenvalue weighted by Crippen LogP contribution is -2.50. The summed E-state index contributed by atoms with van der Waals surface area (Å²) in [5.41, 5.74) is 9.99. The minimum Gasteiger partial charge on any atom is -0.372 e. The summed E-state index contributed by atoms with van der Waals surface area (Å²) in [5, 5.41) is 17.6. The molecular formula is C24H29N5O3. The molecule has 1 unspecified atom stereocenters. The fourth-order valence-corrected chi connectivity index (χ4v) is 2.71. The molecule has 0 aromatic heterocycles. The van der Waals surface area contributed by atoms with E-state index >= 15 is 0 Å². The minimum atomic E-state index is -0.905. The second-order valence-electron chi connectivity index (χ2n) is 6.97. The van der Waals surface area contributed by atoms with Crippen molar-refractivity contribution < 1.29 is 14.8 Å². The number of amides is 2. The molecule has 0 saturated heterocycles. The van der Waals surface area contributed by atoms with Crippen LogP contribution in [-0.4, -0.2) is 49.2 Å². The fourth-order valence-electron chi connectivity index (χ4n) is 2.71. The van der Waals surface area contributed by atoms with Gasteiger partial charge in [0.05, 0.1) is 6.54 Å². The summed E-state index contributed by atoms with van der Waals surface area (Å²) in [4.78, 5) is 23.9. The Morgan fingerprint density at radius 2 is 1.69 bits per heavy atom. The molecule has 2 rings (SSSR count). The Bertz CT molecular complexity index is 949. The van der Waals surface area contributed by atoms with E-state index in [2.05, 4.69) is 34.4 Å². The molecule has 8 nitrogen and oxygen atoms in total. The van der Waals surface area contributed by atoms with Crippen LogP contribution >= 0.6 is 0 Å². The molecule has 7 N–H and O–H groups in total. The summed E-state index contributed by atoms with van der Waals surface area (Å²) in [6.07, 6.45) is 0.765. The highest BCUT2D eigenvalue weighted by Crippen LogP contribution is 2.12. The zero-order chi connectivity index (χ0) is 23.2. The smallest absolute Gasteiger partial charge is 0.267 e. The van der Waals surface area contributed by atoms with Gasteiger partial charge in [0.15, 0.2) is 0 Å². The van der Waals surface area contributed by atoms with Crippen molar-refractivity contribution in [2.45, 2.75) is 12.5 Å². The van der Waals surface area contributed by atoms with Crippen LogP contribution in [0.25, 0.3) is 5.70 Å². The number of hydrogen-bond donors (Lipinski definition) is 6. The van der Waals surface area contributed by atoms with Gasteiger partial charge in [-0.25, -0.2) is 5.48 Å². The SMILES string of the molecule is C=C(NC(CNC(=O)CNCCCN)C(=O)NO)c1ccc(C#Cc2ccccc2)cc1. The van der Waals surface area contributed by atoms with E-state index in [0.717, 1.165) is 23.1 Å². The highest BCUT2D eigenvalue weighted by molar-refractivity contribution is 5.84. The molecule has 0 fully saturated rings. The predicted molar refractivity (Wildman–Crippen MR) is 124 cm³/mol.